The van der Waals surface area contributed by atoms with Crippen molar-refractivity contribution >= 4 is 23.3 Å². The van der Waals surface area contributed by atoms with Crippen LogP contribution in [0.3, 0.4) is 0 Å². The monoisotopic (exact) mass is 316 g/mol. The van der Waals surface area contributed by atoms with Crippen LogP contribution in [0.5, 0.6) is 0 Å². The lowest BCUT2D eigenvalue weighted by atomic mass is 10.1. The van der Waals surface area contributed by atoms with Crippen molar-refractivity contribution in [2.24, 2.45) is 0 Å². The van der Waals surface area contributed by atoms with Gasteiger partial charge in [-0.05, 0) is 48.6 Å². The summed E-state index contributed by atoms with van der Waals surface area (Å²) in [7, 11) is 0. The Labute approximate surface area is 134 Å². The molecule has 0 saturated heterocycles. The van der Waals surface area contributed by atoms with Crippen molar-refractivity contribution in [2.45, 2.75) is 25.9 Å². The molecule has 1 atom stereocenters. The number of hydrogen-bond acceptors (Lipinski definition) is 4. The van der Waals surface area contributed by atoms with Gasteiger partial charge in [0.2, 0.25) is 5.91 Å². The van der Waals surface area contributed by atoms with Gasteiger partial charge in [0, 0.05) is 36.6 Å². The van der Waals surface area contributed by atoms with Gasteiger partial charge in [-0.1, -0.05) is 0 Å². The van der Waals surface area contributed by atoms with Gasteiger partial charge in [-0.3, -0.25) is 9.69 Å². The molecule has 0 aromatic carbocycles. The topological polar surface area (TPSA) is 45.5 Å². The van der Waals surface area contributed by atoms with Crippen molar-refractivity contribution in [3.63, 3.8) is 0 Å². The summed E-state index contributed by atoms with van der Waals surface area (Å²) >= 11 is 1.85. The lowest BCUT2D eigenvalue weighted by molar-refractivity contribution is -0.116. The fourth-order valence-electron chi connectivity index (χ4n) is 2.63. The first-order valence-corrected chi connectivity index (χ1v) is 8.39. The van der Waals surface area contributed by atoms with E-state index < -0.39 is 0 Å². The Morgan fingerprint density at radius 3 is 3.27 bits per heavy atom. The summed E-state index contributed by atoms with van der Waals surface area (Å²) in [5, 5.41) is 5.12. The van der Waals surface area contributed by atoms with E-state index in [2.05, 4.69) is 28.6 Å². The first-order valence-electron chi connectivity index (χ1n) is 7.51. The molecular weight excluding hydrogens is 296 g/mol. The highest BCUT2D eigenvalue weighted by molar-refractivity contribution is 7.10. The van der Waals surface area contributed by atoms with Crippen LogP contribution in [0.25, 0.3) is 6.08 Å². The molecule has 2 aromatic rings. The molecule has 0 saturated carbocycles. The highest BCUT2D eigenvalue weighted by Gasteiger charge is 2.21. The predicted octanol–water partition coefficient (Wildman–Crippen LogP) is 2.92. The maximum Gasteiger partial charge on any atom is 0.244 e. The summed E-state index contributed by atoms with van der Waals surface area (Å²) in [6, 6.07) is 6.16. The van der Waals surface area contributed by atoms with Gasteiger partial charge in [0.05, 0.1) is 6.26 Å². The molecule has 3 heterocycles. The number of hydrogen-bond donors (Lipinski definition) is 1. The van der Waals surface area contributed by atoms with Crippen LogP contribution >= 0.6 is 11.3 Å². The van der Waals surface area contributed by atoms with E-state index in [0.717, 1.165) is 19.5 Å². The van der Waals surface area contributed by atoms with Crippen LogP contribution < -0.4 is 5.32 Å². The molecule has 0 radical (unpaired) electrons. The average molecular weight is 316 g/mol. The van der Waals surface area contributed by atoms with Gasteiger partial charge in [0.25, 0.3) is 0 Å². The number of rotatable bonds is 5. The second-order valence-corrected chi connectivity index (χ2v) is 6.53. The van der Waals surface area contributed by atoms with E-state index in [1.54, 1.807) is 18.4 Å². The third-order valence-corrected chi connectivity index (χ3v) is 5.00. The van der Waals surface area contributed by atoms with Crippen LogP contribution in [0.15, 0.2) is 40.3 Å². The van der Waals surface area contributed by atoms with Gasteiger partial charge in [-0.25, -0.2) is 0 Å². The molecular formula is C17H20N2O2S. The summed E-state index contributed by atoms with van der Waals surface area (Å²) in [5.74, 6) is 0.598. The lowest BCUT2D eigenvalue weighted by Crippen LogP contribution is -2.43. The second-order valence-electron chi connectivity index (χ2n) is 5.53. The molecule has 22 heavy (non-hydrogen) atoms. The summed E-state index contributed by atoms with van der Waals surface area (Å²) in [6.45, 7) is 4.86. The largest absolute Gasteiger partial charge is 0.465 e. The number of amides is 1. The average Bonchev–Trinajstić information content (AvgIpc) is 3.20. The third-order valence-electron chi connectivity index (χ3n) is 3.97. The maximum atomic E-state index is 11.8. The molecule has 1 aliphatic heterocycles. The molecule has 116 valence electrons. The van der Waals surface area contributed by atoms with E-state index in [4.69, 9.17) is 4.42 Å². The summed E-state index contributed by atoms with van der Waals surface area (Å²) in [5.41, 5.74) is 1.44. The summed E-state index contributed by atoms with van der Waals surface area (Å²) < 4.78 is 5.16. The van der Waals surface area contributed by atoms with Gasteiger partial charge >= 0.3 is 0 Å². The van der Waals surface area contributed by atoms with Crippen LogP contribution in [-0.4, -0.2) is 29.9 Å². The lowest BCUT2D eigenvalue weighted by Gasteiger charge is -2.32. The highest BCUT2D eigenvalue weighted by atomic mass is 32.1. The number of carbonyl (C=O) groups excluding carboxylic acids is 1. The normalized spacial score (nSPS) is 16.6. The minimum Gasteiger partial charge on any atom is -0.465 e. The predicted molar refractivity (Wildman–Crippen MR) is 88.6 cm³/mol. The molecule has 1 unspecified atom stereocenters. The number of nitrogens with one attached hydrogen (secondary N) is 1. The first-order chi connectivity index (χ1) is 10.7. The van der Waals surface area contributed by atoms with Crippen LogP contribution in [0.4, 0.5) is 0 Å². The number of fused-ring (bicyclic) bond motifs is 1. The Kier molecular flexibility index (Phi) is 4.75. The van der Waals surface area contributed by atoms with Crippen molar-refractivity contribution < 1.29 is 9.21 Å². The zero-order valence-electron chi connectivity index (χ0n) is 12.6. The number of furan rings is 1. The molecule has 0 spiro atoms. The van der Waals surface area contributed by atoms with E-state index in [1.165, 1.54) is 16.5 Å². The zero-order valence-corrected chi connectivity index (χ0v) is 13.4. The third kappa shape index (κ3) is 3.67. The van der Waals surface area contributed by atoms with Gasteiger partial charge in [-0.15, -0.1) is 11.3 Å². The fourth-order valence-corrected chi connectivity index (χ4v) is 3.52. The van der Waals surface area contributed by atoms with Crippen molar-refractivity contribution in [3.8, 4) is 0 Å². The van der Waals surface area contributed by atoms with E-state index >= 15 is 0 Å². The number of thiophene rings is 1. The van der Waals surface area contributed by atoms with Gasteiger partial charge < -0.3 is 9.73 Å². The van der Waals surface area contributed by atoms with Crippen molar-refractivity contribution in [1.29, 1.82) is 0 Å². The Morgan fingerprint density at radius 2 is 2.45 bits per heavy atom. The van der Waals surface area contributed by atoms with Gasteiger partial charge in [0.1, 0.15) is 5.76 Å². The molecule has 1 amide bonds. The highest BCUT2D eigenvalue weighted by Crippen LogP contribution is 2.24. The fraction of sp³-hybridized carbons (Fsp3) is 0.353. The Morgan fingerprint density at radius 1 is 1.55 bits per heavy atom. The maximum absolute atomic E-state index is 11.8. The number of carbonyl (C=O) groups is 1. The molecule has 2 aromatic heterocycles. The van der Waals surface area contributed by atoms with Crippen LogP contribution in [0, 0.1) is 0 Å². The van der Waals surface area contributed by atoms with E-state index in [9.17, 15) is 4.79 Å². The van der Waals surface area contributed by atoms with Crippen LogP contribution in [0.1, 0.15) is 23.1 Å². The minimum absolute atomic E-state index is 0.0866. The molecule has 1 N–H and O–H groups in total. The minimum atomic E-state index is -0.0866. The molecule has 3 rings (SSSR count). The Hall–Kier alpha value is -1.85. The van der Waals surface area contributed by atoms with E-state index in [0.29, 0.717) is 18.3 Å². The molecule has 4 nitrogen and oxygen atoms in total. The van der Waals surface area contributed by atoms with Crippen molar-refractivity contribution in [3.05, 3.63) is 52.1 Å². The summed E-state index contributed by atoms with van der Waals surface area (Å²) in [4.78, 5) is 15.8. The standard InChI is InChI=1S/C17H20N2O2S/c1-13(19-8-6-16-14(12-19)7-10-22-16)11-18-17(20)5-4-15-3-2-9-21-15/h2-5,7,9-10,13H,6,8,11-12H2,1H3,(H,18,20)/b5-4+. The van der Waals surface area contributed by atoms with E-state index in [-0.39, 0.29) is 5.91 Å². The quantitative estimate of drug-likeness (QED) is 0.863. The zero-order chi connectivity index (χ0) is 15.4. The molecule has 0 aliphatic carbocycles. The molecule has 0 bridgehead atoms. The Bertz CT molecular complexity index is 645. The van der Waals surface area contributed by atoms with Crippen molar-refractivity contribution in [2.75, 3.05) is 13.1 Å². The van der Waals surface area contributed by atoms with Gasteiger partial charge in [0.15, 0.2) is 0 Å². The molecule has 1 aliphatic rings. The Balaban J connectivity index is 1.46. The SMILES string of the molecule is CC(CNC(=O)/C=C/c1ccco1)N1CCc2sccc2C1. The first kappa shape index (κ1) is 15.1. The van der Waals surface area contributed by atoms with Crippen LogP contribution in [-0.2, 0) is 17.8 Å². The molecule has 5 heteroatoms. The van der Waals surface area contributed by atoms with E-state index in [1.807, 2.05) is 17.4 Å². The van der Waals surface area contributed by atoms with Gasteiger partial charge in [-0.2, -0.15) is 0 Å². The summed E-state index contributed by atoms with van der Waals surface area (Å²) in [6.07, 6.45) is 5.90. The molecule has 0 fully saturated rings. The van der Waals surface area contributed by atoms with Crippen LogP contribution in [0.2, 0.25) is 0 Å². The smallest absolute Gasteiger partial charge is 0.244 e. The second kappa shape index (κ2) is 6.94. The van der Waals surface area contributed by atoms with Crippen molar-refractivity contribution in [1.82, 2.24) is 10.2 Å². The number of nitrogens with zero attached hydrogens (tertiary/aromatic N) is 1.